The molecule has 0 aliphatic rings. The molecule has 0 unspecified atom stereocenters. The number of nitrogens with zero attached hydrogens (tertiary/aromatic N) is 4. The maximum absolute atomic E-state index is 12.7. The Balaban J connectivity index is 1.50. The lowest BCUT2D eigenvalue weighted by Gasteiger charge is -2.17. The van der Waals surface area contributed by atoms with Gasteiger partial charge >= 0.3 is 0 Å². The lowest BCUT2D eigenvalue weighted by atomic mass is 10.2. The van der Waals surface area contributed by atoms with Crippen molar-refractivity contribution in [3.8, 4) is 5.75 Å². The molecule has 2 heterocycles. The van der Waals surface area contributed by atoms with E-state index in [4.69, 9.17) is 9.72 Å². The fourth-order valence-corrected chi connectivity index (χ4v) is 3.63. The Hall–Kier alpha value is -3.67. The van der Waals surface area contributed by atoms with Crippen LogP contribution in [0.4, 0.5) is 0 Å². The predicted molar refractivity (Wildman–Crippen MR) is 121 cm³/mol. The van der Waals surface area contributed by atoms with Gasteiger partial charge in [0.2, 0.25) is 5.91 Å². The first kappa shape index (κ1) is 20.6. The third kappa shape index (κ3) is 4.91. The summed E-state index contributed by atoms with van der Waals surface area (Å²) < 4.78 is 7.35. The quantitative estimate of drug-likeness (QED) is 0.436. The van der Waals surface area contributed by atoms with Gasteiger partial charge in [-0.15, -0.1) is 0 Å². The Morgan fingerprint density at radius 1 is 1.00 bits per heavy atom. The first-order valence-corrected chi connectivity index (χ1v) is 10.3. The van der Waals surface area contributed by atoms with Crippen LogP contribution in [0.15, 0.2) is 72.9 Å². The van der Waals surface area contributed by atoms with Crippen molar-refractivity contribution in [3.05, 3.63) is 89.9 Å². The number of amides is 1. The van der Waals surface area contributed by atoms with Gasteiger partial charge in [-0.2, -0.15) is 0 Å². The number of carbonyl (C=O) groups excluding carboxylic acids is 1. The Kier molecular flexibility index (Phi) is 6.26. The van der Waals surface area contributed by atoms with E-state index < -0.39 is 0 Å². The van der Waals surface area contributed by atoms with Crippen LogP contribution in [0.1, 0.15) is 23.4 Å². The predicted octanol–water partition coefficient (Wildman–Crippen LogP) is 4.08. The number of carbonyl (C=O) groups is 1. The van der Waals surface area contributed by atoms with Crippen LogP contribution >= 0.6 is 0 Å². The van der Waals surface area contributed by atoms with E-state index >= 15 is 0 Å². The second-order valence-electron chi connectivity index (χ2n) is 7.54. The minimum absolute atomic E-state index is 0.0971. The first-order valence-electron chi connectivity index (χ1n) is 10.3. The zero-order valence-corrected chi connectivity index (χ0v) is 17.9. The molecule has 6 heteroatoms. The van der Waals surface area contributed by atoms with Crippen molar-refractivity contribution in [2.45, 2.75) is 25.9 Å². The van der Waals surface area contributed by atoms with Crippen molar-refractivity contribution in [1.82, 2.24) is 19.4 Å². The van der Waals surface area contributed by atoms with E-state index in [0.29, 0.717) is 25.9 Å². The topological polar surface area (TPSA) is 60.2 Å². The van der Waals surface area contributed by atoms with Crippen LogP contribution in [0.5, 0.6) is 5.75 Å². The third-order valence-electron chi connectivity index (χ3n) is 5.33. The van der Waals surface area contributed by atoms with E-state index in [2.05, 4.69) is 9.55 Å². The average Bonchev–Trinajstić information content (AvgIpc) is 3.16. The van der Waals surface area contributed by atoms with E-state index in [1.54, 1.807) is 18.2 Å². The molecule has 0 radical (unpaired) electrons. The summed E-state index contributed by atoms with van der Waals surface area (Å²) in [5.74, 6) is 1.79. The van der Waals surface area contributed by atoms with Crippen molar-refractivity contribution >= 4 is 17.1 Å². The fourth-order valence-electron chi connectivity index (χ4n) is 3.63. The number of pyridine rings is 1. The normalized spacial score (nSPS) is 10.9. The molecule has 4 aromatic rings. The van der Waals surface area contributed by atoms with Gasteiger partial charge in [0.05, 0.1) is 13.7 Å². The molecule has 1 amide bonds. The Labute approximate surface area is 182 Å². The van der Waals surface area contributed by atoms with Gasteiger partial charge in [-0.05, 0) is 35.4 Å². The van der Waals surface area contributed by atoms with Crippen LogP contribution in [-0.2, 0) is 24.3 Å². The second kappa shape index (κ2) is 9.43. The van der Waals surface area contributed by atoms with Crippen LogP contribution in [0.3, 0.4) is 0 Å². The number of imidazole rings is 1. The molecule has 2 aromatic carbocycles. The zero-order valence-electron chi connectivity index (χ0n) is 17.9. The molecule has 0 N–H and O–H groups in total. The third-order valence-corrected chi connectivity index (χ3v) is 5.33. The highest BCUT2D eigenvalue weighted by molar-refractivity contribution is 5.76. The molecule has 0 aliphatic heterocycles. The van der Waals surface area contributed by atoms with Crippen molar-refractivity contribution in [2.24, 2.45) is 0 Å². The van der Waals surface area contributed by atoms with E-state index in [1.165, 1.54) is 0 Å². The number of aryl methyl sites for hydroxylation is 1. The number of benzene rings is 2. The number of fused-ring (bicyclic) bond motifs is 1. The molecule has 0 bridgehead atoms. The van der Waals surface area contributed by atoms with Gasteiger partial charge in [0, 0.05) is 32.6 Å². The van der Waals surface area contributed by atoms with E-state index in [-0.39, 0.29) is 5.91 Å². The van der Waals surface area contributed by atoms with Gasteiger partial charge in [-0.1, -0.05) is 42.5 Å². The first-order chi connectivity index (χ1) is 15.1. The summed E-state index contributed by atoms with van der Waals surface area (Å²) in [6.07, 6.45) is 2.73. The minimum Gasteiger partial charge on any atom is -0.497 e. The molecule has 0 aliphatic carbocycles. The monoisotopic (exact) mass is 414 g/mol. The standard InChI is InChI=1S/C25H26N4O2/c1-28(17-19-7-4-3-5-8-19)24(30)15-14-23-27-22-9-6-16-26-25(22)29(23)18-20-10-12-21(31-2)13-11-20/h3-13,16H,14-15,17-18H2,1-2H3. The van der Waals surface area contributed by atoms with Gasteiger partial charge in [0.25, 0.3) is 0 Å². The number of hydrogen-bond acceptors (Lipinski definition) is 4. The van der Waals surface area contributed by atoms with Gasteiger partial charge in [0.15, 0.2) is 5.65 Å². The average molecular weight is 415 g/mol. The minimum atomic E-state index is 0.0971. The Morgan fingerprint density at radius 2 is 1.77 bits per heavy atom. The number of hydrogen-bond donors (Lipinski definition) is 0. The van der Waals surface area contributed by atoms with Gasteiger partial charge in [-0.25, -0.2) is 9.97 Å². The number of methoxy groups -OCH3 is 1. The highest BCUT2D eigenvalue weighted by Gasteiger charge is 2.15. The summed E-state index contributed by atoms with van der Waals surface area (Å²) in [5, 5.41) is 0. The zero-order chi connectivity index (χ0) is 21.6. The van der Waals surface area contributed by atoms with Crippen molar-refractivity contribution in [1.29, 1.82) is 0 Å². The van der Waals surface area contributed by atoms with Crippen LogP contribution in [0.2, 0.25) is 0 Å². The molecule has 2 aromatic heterocycles. The molecule has 158 valence electrons. The molecular formula is C25H26N4O2. The molecular weight excluding hydrogens is 388 g/mol. The molecule has 0 spiro atoms. The maximum Gasteiger partial charge on any atom is 0.223 e. The van der Waals surface area contributed by atoms with E-state index in [1.807, 2.05) is 73.8 Å². The molecule has 0 saturated carbocycles. The molecule has 31 heavy (non-hydrogen) atoms. The van der Waals surface area contributed by atoms with Crippen molar-refractivity contribution < 1.29 is 9.53 Å². The highest BCUT2D eigenvalue weighted by Crippen LogP contribution is 2.19. The summed E-state index contributed by atoms with van der Waals surface area (Å²) >= 11 is 0. The Bertz CT molecular complexity index is 1150. The smallest absolute Gasteiger partial charge is 0.223 e. The molecule has 0 saturated heterocycles. The molecule has 0 fully saturated rings. The van der Waals surface area contributed by atoms with Crippen LogP contribution in [0.25, 0.3) is 11.2 Å². The van der Waals surface area contributed by atoms with Gasteiger partial charge in [-0.3, -0.25) is 4.79 Å². The largest absolute Gasteiger partial charge is 0.497 e. The van der Waals surface area contributed by atoms with E-state index in [9.17, 15) is 4.79 Å². The molecule has 0 atom stereocenters. The van der Waals surface area contributed by atoms with Gasteiger partial charge < -0.3 is 14.2 Å². The number of aromatic nitrogens is 3. The molecule has 6 nitrogen and oxygen atoms in total. The highest BCUT2D eigenvalue weighted by atomic mass is 16.5. The van der Waals surface area contributed by atoms with Crippen molar-refractivity contribution in [2.75, 3.05) is 14.2 Å². The summed E-state index contributed by atoms with van der Waals surface area (Å²) in [6, 6.07) is 21.8. The maximum atomic E-state index is 12.7. The summed E-state index contributed by atoms with van der Waals surface area (Å²) in [4.78, 5) is 23.8. The molecule has 4 rings (SSSR count). The second-order valence-corrected chi connectivity index (χ2v) is 7.54. The SMILES string of the molecule is COc1ccc(Cn2c(CCC(=O)N(C)Cc3ccccc3)nc3cccnc32)cc1. The summed E-state index contributed by atoms with van der Waals surface area (Å²) in [5.41, 5.74) is 3.92. The van der Waals surface area contributed by atoms with Crippen molar-refractivity contribution in [3.63, 3.8) is 0 Å². The van der Waals surface area contributed by atoms with Crippen LogP contribution < -0.4 is 4.74 Å². The lowest BCUT2D eigenvalue weighted by molar-refractivity contribution is -0.130. The summed E-state index contributed by atoms with van der Waals surface area (Å²) in [6.45, 7) is 1.24. The fraction of sp³-hybridized carbons (Fsp3) is 0.240. The van der Waals surface area contributed by atoms with Crippen LogP contribution in [0, 0.1) is 0 Å². The van der Waals surface area contributed by atoms with Gasteiger partial charge in [0.1, 0.15) is 17.1 Å². The number of rotatable bonds is 8. The lowest BCUT2D eigenvalue weighted by Crippen LogP contribution is -2.26. The van der Waals surface area contributed by atoms with E-state index in [0.717, 1.165) is 33.9 Å². The summed E-state index contributed by atoms with van der Waals surface area (Å²) in [7, 11) is 3.50. The van der Waals surface area contributed by atoms with Crippen LogP contribution in [-0.4, -0.2) is 39.5 Å². The number of ether oxygens (including phenoxy) is 1. The Morgan fingerprint density at radius 3 is 2.52 bits per heavy atom.